The second kappa shape index (κ2) is 4.14. The Hall–Kier alpha value is 1.01. The first-order valence-electron chi connectivity index (χ1n) is 3.62. The van der Waals surface area contributed by atoms with Crippen molar-refractivity contribution in [3.05, 3.63) is 0 Å². The molecule has 0 nitrogen and oxygen atoms in total. The molecule has 0 rings (SSSR count). The summed E-state index contributed by atoms with van der Waals surface area (Å²) < 4.78 is 0. The smallest absolute Gasteiger partial charge is 0.150 e. The second-order valence-electron chi connectivity index (χ2n) is 3.89. The van der Waals surface area contributed by atoms with Crippen molar-refractivity contribution in [1.29, 1.82) is 0 Å². The van der Waals surface area contributed by atoms with Gasteiger partial charge in [-0.05, 0) is 11.6 Å². The normalized spacial score (nSPS) is 15.9. The zero-order valence-electron chi connectivity index (χ0n) is 7.12. The third kappa shape index (κ3) is 4.77. The van der Waals surface area contributed by atoms with E-state index in [9.17, 15) is 0 Å². The summed E-state index contributed by atoms with van der Waals surface area (Å²) >= 11 is 11.6. The van der Waals surface area contributed by atoms with Crippen LogP contribution in [0.25, 0.3) is 0 Å². The Labute approximate surface area is 75.9 Å². The molecule has 4 heteroatoms. The van der Waals surface area contributed by atoms with Crippen molar-refractivity contribution in [2.24, 2.45) is 0 Å². The molecule has 0 fully saturated rings. The largest absolute Gasteiger partial charge is 0.237 e. The van der Waals surface area contributed by atoms with Crippen molar-refractivity contribution >= 4 is 37.6 Å². The molecule has 0 saturated carbocycles. The third-order valence-corrected chi connectivity index (χ3v) is 7.81. The molecule has 0 spiro atoms. The van der Waals surface area contributed by atoms with Gasteiger partial charge in [0.15, 0.2) is 0 Å². The monoisotopic (exact) mass is 214 g/mol. The average Bonchev–Trinajstić information content (AvgIpc) is 1.60. The fraction of sp³-hybridized carbons (Fsp3) is 1.00. The number of halogens is 2. The average molecular weight is 215 g/mol. The van der Waals surface area contributed by atoms with Gasteiger partial charge in [-0.3, -0.25) is 0 Å². The van der Waals surface area contributed by atoms with Crippen LogP contribution >= 0.6 is 22.2 Å². The molecule has 0 aromatic heterocycles. The first-order chi connectivity index (χ1) is 4.34. The SMILES string of the molecule is CC(C[SiH](Cl)Cl)[Si](C)(C)C. The van der Waals surface area contributed by atoms with Crippen LogP contribution in [-0.4, -0.2) is 15.5 Å². The summed E-state index contributed by atoms with van der Waals surface area (Å²) in [4.78, 5) is 0. The zero-order valence-corrected chi connectivity index (χ0v) is 10.8. The Morgan fingerprint density at radius 1 is 1.30 bits per heavy atom. The highest BCUT2D eigenvalue weighted by Crippen LogP contribution is 2.28. The molecule has 1 atom stereocenters. The molecule has 0 N–H and O–H groups in total. The molecule has 0 bridgehead atoms. The van der Waals surface area contributed by atoms with Crippen molar-refractivity contribution < 1.29 is 0 Å². The second-order valence-corrected chi connectivity index (χ2v) is 14.7. The molecule has 0 radical (unpaired) electrons. The maximum Gasteiger partial charge on any atom is 0.237 e. The van der Waals surface area contributed by atoms with Gasteiger partial charge in [0.2, 0.25) is 7.42 Å². The van der Waals surface area contributed by atoms with E-state index in [-0.39, 0.29) is 0 Å². The van der Waals surface area contributed by atoms with Crippen molar-refractivity contribution in [1.82, 2.24) is 0 Å². The fourth-order valence-electron chi connectivity index (χ4n) is 0.621. The quantitative estimate of drug-likeness (QED) is 0.500. The molecule has 1 unspecified atom stereocenters. The van der Waals surface area contributed by atoms with Crippen LogP contribution in [0, 0.1) is 0 Å². The lowest BCUT2D eigenvalue weighted by Gasteiger charge is -2.24. The molecular weight excluding hydrogens is 199 g/mol. The Kier molecular flexibility index (Phi) is 4.56. The van der Waals surface area contributed by atoms with Crippen molar-refractivity contribution in [3.8, 4) is 0 Å². The van der Waals surface area contributed by atoms with Crippen LogP contribution in [0.5, 0.6) is 0 Å². The van der Waals surface area contributed by atoms with E-state index in [1.165, 1.54) is 0 Å². The van der Waals surface area contributed by atoms with E-state index >= 15 is 0 Å². The molecule has 0 saturated heterocycles. The van der Waals surface area contributed by atoms with Crippen molar-refractivity contribution in [2.45, 2.75) is 38.2 Å². The zero-order chi connectivity index (χ0) is 8.36. The Balaban J connectivity index is 3.73. The molecule has 62 valence electrons. The van der Waals surface area contributed by atoms with E-state index in [1.54, 1.807) is 0 Å². The summed E-state index contributed by atoms with van der Waals surface area (Å²) in [6, 6.07) is 1.08. The van der Waals surface area contributed by atoms with Gasteiger partial charge in [0, 0.05) is 8.07 Å². The van der Waals surface area contributed by atoms with Gasteiger partial charge in [-0.25, -0.2) is 0 Å². The predicted octanol–water partition coefficient (Wildman–Crippen LogP) is 3.41. The van der Waals surface area contributed by atoms with E-state index < -0.39 is 15.5 Å². The molecule has 0 heterocycles. The van der Waals surface area contributed by atoms with Gasteiger partial charge in [0.05, 0.1) is 0 Å². The van der Waals surface area contributed by atoms with Crippen LogP contribution in [0.1, 0.15) is 6.92 Å². The highest BCUT2D eigenvalue weighted by molar-refractivity contribution is 7.34. The standard InChI is InChI=1S/C6H16Cl2Si2/c1-6(5-9(7)8)10(2,3)4/h6,9H,5H2,1-4H3. The van der Waals surface area contributed by atoms with Gasteiger partial charge in [0.1, 0.15) is 0 Å². The van der Waals surface area contributed by atoms with Gasteiger partial charge in [-0.1, -0.05) is 26.6 Å². The van der Waals surface area contributed by atoms with Crippen LogP contribution in [0.3, 0.4) is 0 Å². The number of rotatable bonds is 3. The number of hydrogen-bond acceptors (Lipinski definition) is 0. The van der Waals surface area contributed by atoms with Gasteiger partial charge >= 0.3 is 0 Å². The Bertz CT molecular complexity index is 98.4. The number of hydrogen-bond donors (Lipinski definition) is 0. The summed E-state index contributed by atoms with van der Waals surface area (Å²) in [6.45, 7) is 9.36. The summed E-state index contributed by atoms with van der Waals surface area (Å²) in [5.41, 5.74) is 0.777. The highest BCUT2D eigenvalue weighted by atomic mass is 35.7. The summed E-state index contributed by atoms with van der Waals surface area (Å²) in [5.74, 6) is 0. The minimum Gasteiger partial charge on any atom is -0.150 e. The first kappa shape index (κ1) is 11.0. The Morgan fingerprint density at radius 3 is 1.80 bits per heavy atom. The van der Waals surface area contributed by atoms with Crippen molar-refractivity contribution in [3.63, 3.8) is 0 Å². The maximum absolute atomic E-state index is 5.81. The van der Waals surface area contributed by atoms with Crippen LogP contribution < -0.4 is 0 Å². The molecule has 0 aromatic rings. The lowest BCUT2D eigenvalue weighted by Crippen LogP contribution is -2.27. The van der Waals surface area contributed by atoms with E-state index in [0.717, 1.165) is 11.6 Å². The Morgan fingerprint density at radius 2 is 1.70 bits per heavy atom. The fourth-order valence-corrected chi connectivity index (χ4v) is 7.19. The predicted molar refractivity (Wildman–Crippen MR) is 56.4 cm³/mol. The maximum atomic E-state index is 5.81. The van der Waals surface area contributed by atoms with Crippen LogP contribution in [-0.2, 0) is 0 Å². The molecule has 0 aromatic carbocycles. The van der Waals surface area contributed by atoms with Crippen molar-refractivity contribution in [2.75, 3.05) is 0 Å². The van der Waals surface area contributed by atoms with Gasteiger partial charge in [0.25, 0.3) is 0 Å². The van der Waals surface area contributed by atoms with Crippen LogP contribution in [0.2, 0.25) is 31.2 Å². The van der Waals surface area contributed by atoms with E-state index in [2.05, 4.69) is 26.6 Å². The topological polar surface area (TPSA) is 0 Å². The lowest BCUT2D eigenvalue weighted by molar-refractivity contribution is 1.00. The van der Waals surface area contributed by atoms with Gasteiger partial charge in [-0.15, -0.1) is 0 Å². The van der Waals surface area contributed by atoms with Crippen LogP contribution in [0.4, 0.5) is 0 Å². The van der Waals surface area contributed by atoms with E-state index in [4.69, 9.17) is 22.2 Å². The summed E-state index contributed by atoms with van der Waals surface area (Å²) in [7, 11) is -2.31. The minimum atomic E-state index is -1.35. The van der Waals surface area contributed by atoms with Gasteiger partial charge in [-0.2, -0.15) is 22.2 Å². The first-order valence-corrected chi connectivity index (χ1v) is 11.5. The molecule has 10 heavy (non-hydrogen) atoms. The molecular formula is C6H16Cl2Si2. The van der Waals surface area contributed by atoms with E-state index in [1.807, 2.05) is 0 Å². The highest BCUT2D eigenvalue weighted by Gasteiger charge is 2.24. The van der Waals surface area contributed by atoms with Gasteiger partial charge < -0.3 is 0 Å². The molecule has 0 aliphatic heterocycles. The van der Waals surface area contributed by atoms with E-state index in [0.29, 0.717) is 0 Å². The summed E-state index contributed by atoms with van der Waals surface area (Å²) in [5, 5.41) is 0. The lowest BCUT2D eigenvalue weighted by atomic mass is 10.6. The molecule has 0 aliphatic rings. The summed E-state index contributed by atoms with van der Waals surface area (Å²) in [6.07, 6.45) is 0. The minimum absolute atomic E-state index is 0.777. The molecule has 0 amide bonds. The third-order valence-electron chi connectivity index (χ3n) is 2.01. The van der Waals surface area contributed by atoms with Crippen LogP contribution in [0.15, 0.2) is 0 Å². The molecule has 0 aliphatic carbocycles.